The van der Waals surface area contributed by atoms with Crippen LogP contribution < -0.4 is 5.32 Å². The van der Waals surface area contributed by atoms with E-state index in [9.17, 15) is 0 Å². The number of halogens is 1. The van der Waals surface area contributed by atoms with Crippen molar-refractivity contribution in [1.29, 1.82) is 0 Å². The molecule has 0 aliphatic carbocycles. The third-order valence-electron chi connectivity index (χ3n) is 2.12. The van der Waals surface area contributed by atoms with Crippen molar-refractivity contribution in [3.8, 4) is 10.4 Å². The predicted octanol–water partition coefficient (Wildman–Crippen LogP) is 3.77. The molecule has 0 unspecified atom stereocenters. The summed E-state index contributed by atoms with van der Waals surface area (Å²) in [6, 6.07) is 5.91. The molecule has 0 fully saturated rings. The second-order valence-electron chi connectivity index (χ2n) is 3.14. The lowest BCUT2D eigenvalue weighted by atomic mass is 10.2. The van der Waals surface area contributed by atoms with Crippen LogP contribution in [0, 0.1) is 0 Å². The normalized spacial score (nSPS) is 10.8. The molecule has 0 aromatic carbocycles. The fourth-order valence-corrected chi connectivity index (χ4v) is 2.48. The molecule has 2 nitrogen and oxygen atoms in total. The van der Waals surface area contributed by atoms with Gasteiger partial charge in [0, 0.05) is 10.4 Å². The maximum absolute atomic E-state index is 5.91. The van der Waals surface area contributed by atoms with E-state index in [0.29, 0.717) is 0 Å². The van der Waals surface area contributed by atoms with Crippen LogP contribution in [0.1, 0.15) is 12.7 Å². The van der Waals surface area contributed by atoms with Crippen molar-refractivity contribution < 1.29 is 4.42 Å². The van der Waals surface area contributed by atoms with Crippen molar-refractivity contribution in [2.75, 3.05) is 6.54 Å². The maximum Gasteiger partial charge on any atom is 0.126 e. The molecule has 2 aromatic rings. The summed E-state index contributed by atoms with van der Waals surface area (Å²) in [5.41, 5.74) is 1.13. The topological polar surface area (TPSA) is 25.2 Å². The van der Waals surface area contributed by atoms with Gasteiger partial charge in [-0.05, 0) is 24.7 Å². The number of hydrogen-bond acceptors (Lipinski definition) is 3. The van der Waals surface area contributed by atoms with Crippen LogP contribution in [-0.2, 0) is 6.54 Å². The Morgan fingerprint density at radius 3 is 2.93 bits per heavy atom. The molecular weight excluding hydrogens is 230 g/mol. The minimum atomic E-state index is 0.758. The quantitative estimate of drug-likeness (QED) is 0.882. The van der Waals surface area contributed by atoms with E-state index in [4.69, 9.17) is 16.0 Å². The fraction of sp³-hybridized carbons (Fsp3) is 0.273. The van der Waals surface area contributed by atoms with E-state index in [1.54, 1.807) is 17.6 Å². The Bertz CT molecular complexity index is 435. The van der Waals surface area contributed by atoms with Crippen LogP contribution in [0.3, 0.4) is 0 Å². The van der Waals surface area contributed by atoms with E-state index in [2.05, 4.69) is 12.2 Å². The first-order chi connectivity index (χ1) is 7.31. The Morgan fingerprint density at radius 2 is 2.27 bits per heavy atom. The zero-order valence-electron chi connectivity index (χ0n) is 8.42. The minimum absolute atomic E-state index is 0.758. The van der Waals surface area contributed by atoms with E-state index >= 15 is 0 Å². The number of rotatable bonds is 4. The Hall–Kier alpha value is -0.770. The highest BCUT2D eigenvalue weighted by Crippen LogP contribution is 2.33. The summed E-state index contributed by atoms with van der Waals surface area (Å²) in [6.07, 6.45) is 1.72. The van der Waals surface area contributed by atoms with E-state index in [-0.39, 0.29) is 0 Å². The van der Waals surface area contributed by atoms with Gasteiger partial charge in [0.25, 0.3) is 0 Å². The zero-order chi connectivity index (χ0) is 10.7. The number of thiophene rings is 1. The van der Waals surface area contributed by atoms with Gasteiger partial charge in [-0.2, -0.15) is 0 Å². The van der Waals surface area contributed by atoms with Gasteiger partial charge in [0.05, 0.1) is 17.1 Å². The van der Waals surface area contributed by atoms with Crippen LogP contribution >= 0.6 is 22.9 Å². The van der Waals surface area contributed by atoms with Gasteiger partial charge in [-0.1, -0.05) is 18.5 Å². The van der Waals surface area contributed by atoms with Gasteiger partial charge in [0.2, 0.25) is 0 Å². The van der Waals surface area contributed by atoms with Crippen molar-refractivity contribution in [3.63, 3.8) is 0 Å². The maximum atomic E-state index is 5.91. The van der Waals surface area contributed by atoms with Crippen LogP contribution in [0.25, 0.3) is 10.4 Å². The second kappa shape index (κ2) is 4.84. The summed E-state index contributed by atoms with van der Waals surface area (Å²) < 4.78 is 6.24. The van der Waals surface area contributed by atoms with E-state index in [1.807, 2.05) is 18.2 Å². The summed E-state index contributed by atoms with van der Waals surface area (Å²) in [7, 11) is 0. The largest absolute Gasteiger partial charge is 0.467 e. The van der Waals surface area contributed by atoms with Gasteiger partial charge >= 0.3 is 0 Å². The second-order valence-corrected chi connectivity index (χ2v) is 4.86. The number of nitrogens with one attached hydrogen (secondary N) is 1. The van der Waals surface area contributed by atoms with Gasteiger partial charge in [-0.3, -0.25) is 0 Å². The van der Waals surface area contributed by atoms with Crippen LogP contribution in [0.5, 0.6) is 0 Å². The smallest absolute Gasteiger partial charge is 0.126 e. The molecule has 1 N–H and O–H groups in total. The number of hydrogen-bond donors (Lipinski definition) is 1. The van der Waals surface area contributed by atoms with Crippen molar-refractivity contribution in [1.82, 2.24) is 5.32 Å². The lowest BCUT2D eigenvalue weighted by molar-refractivity contribution is 0.489. The molecule has 15 heavy (non-hydrogen) atoms. The molecule has 0 atom stereocenters. The average molecular weight is 242 g/mol. The highest BCUT2D eigenvalue weighted by atomic mass is 35.5. The molecule has 0 saturated carbocycles. The molecule has 0 amide bonds. The Labute approximate surface area is 97.9 Å². The van der Waals surface area contributed by atoms with Crippen molar-refractivity contribution in [2.45, 2.75) is 13.5 Å². The Balaban J connectivity index is 2.24. The monoisotopic (exact) mass is 241 g/mol. The molecule has 80 valence electrons. The molecule has 0 bridgehead atoms. The van der Waals surface area contributed by atoms with Gasteiger partial charge in [0.15, 0.2) is 0 Å². The van der Waals surface area contributed by atoms with Gasteiger partial charge < -0.3 is 9.73 Å². The Kier molecular flexibility index (Phi) is 3.46. The molecule has 2 heterocycles. The third-order valence-corrected chi connectivity index (χ3v) is 3.38. The zero-order valence-corrected chi connectivity index (χ0v) is 9.99. The summed E-state index contributed by atoms with van der Waals surface area (Å²) in [4.78, 5) is 1.15. The summed E-state index contributed by atoms with van der Waals surface area (Å²) in [6.45, 7) is 3.77. The third kappa shape index (κ3) is 2.43. The first-order valence-corrected chi connectivity index (χ1v) is 6.03. The van der Waals surface area contributed by atoms with Crippen molar-refractivity contribution >= 4 is 22.9 Å². The van der Waals surface area contributed by atoms with Crippen molar-refractivity contribution in [3.05, 3.63) is 34.6 Å². The van der Waals surface area contributed by atoms with Crippen LogP contribution in [-0.4, -0.2) is 6.54 Å². The molecule has 2 rings (SSSR count). The standard InChI is InChI=1S/C11H12ClNOS/c1-2-13-7-9-8(5-6-14-9)10-3-4-11(12)15-10/h3-6,13H,2,7H2,1H3. The predicted molar refractivity (Wildman–Crippen MR) is 64.4 cm³/mol. The first kappa shape index (κ1) is 10.7. The fourth-order valence-electron chi connectivity index (χ4n) is 1.39. The van der Waals surface area contributed by atoms with Gasteiger partial charge in [-0.25, -0.2) is 0 Å². The van der Waals surface area contributed by atoms with Crippen LogP contribution in [0.4, 0.5) is 0 Å². The van der Waals surface area contributed by atoms with E-state index < -0.39 is 0 Å². The SMILES string of the molecule is CCNCc1occc1-c1ccc(Cl)s1. The van der Waals surface area contributed by atoms with E-state index in [1.165, 1.54) is 0 Å². The summed E-state index contributed by atoms with van der Waals surface area (Å²) in [5.74, 6) is 0.968. The Morgan fingerprint density at radius 1 is 1.40 bits per heavy atom. The molecule has 2 aromatic heterocycles. The van der Waals surface area contributed by atoms with E-state index in [0.717, 1.165) is 33.6 Å². The molecule has 0 spiro atoms. The number of furan rings is 1. The van der Waals surface area contributed by atoms with Gasteiger partial charge in [0.1, 0.15) is 5.76 Å². The molecule has 4 heteroatoms. The highest BCUT2D eigenvalue weighted by molar-refractivity contribution is 7.19. The molecular formula is C11H12ClNOS. The minimum Gasteiger partial charge on any atom is -0.467 e. The lowest BCUT2D eigenvalue weighted by Gasteiger charge is -2.00. The summed E-state index contributed by atoms with van der Waals surface area (Å²) in [5, 5.41) is 3.25. The highest BCUT2D eigenvalue weighted by Gasteiger charge is 2.09. The molecule has 0 aliphatic rings. The first-order valence-electron chi connectivity index (χ1n) is 4.84. The molecule has 0 saturated heterocycles. The van der Waals surface area contributed by atoms with Crippen LogP contribution in [0.15, 0.2) is 28.9 Å². The lowest BCUT2D eigenvalue weighted by Crippen LogP contribution is -2.11. The summed E-state index contributed by atoms with van der Waals surface area (Å²) >= 11 is 7.48. The van der Waals surface area contributed by atoms with Gasteiger partial charge in [-0.15, -0.1) is 11.3 Å². The van der Waals surface area contributed by atoms with Crippen molar-refractivity contribution in [2.24, 2.45) is 0 Å². The molecule has 0 aliphatic heterocycles. The van der Waals surface area contributed by atoms with Crippen LogP contribution in [0.2, 0.25) is 4.34 Å². The average Bonchev–Trinajstić information content (AvgIpc) is 2.82. The molecule has 0 radical (unpaired) electrons.